The second-order valence-electron chi connectivity index (χ2n) is 28.8. The maximum absolute atomic E-state index is 13.1. The average molecular weight is 1260 g/mol. The molecule has 0 saturated carbocycles. The highest BCUT2D eigenvalue weighted by Crippen LogP contribution is 2.43. The van der Waals surface area contributed by atoms with E-state index >= 15 is 0 Å². The Bertz CT molecular complexity index is 1480. The third-order valence-corrected chi connectivity index (χ3v) is 19.7. The second kappa shape index (κ2) is 70.3. The molecule has 0 bridgehead atoms. The van der Waals surface area contributed by atoms with E-state index in [1.165, 1.54) is 366 Å². The Morgan fingerprint density at radius 3 is 0.909 bits per heavy atom. The molecule has 524 valence electrons. The van der Waals surface area contributed by atoms with Crippen molar-refractivity contribution in [1.29, 1.82) is 0 Å². The molecule has 0 aromatic rings. The SMILES string of the molecule is CCCCCCCCCCCCCCCCCCCCCCC/C=C/CC/C=C/C(O)C(COP(=O)(O)OCC[N+](C)(C)C)NC(=O)CCCCCCCCCCCCCCCCCCCCCCCCCCCCCCCCCCCCCCCCC. The standard InChI is InChI=1S/C79H157N2O6P/c1-6-8-10-12-14-16-18-20-22-24-26-28-30-32-34-35-36-37-38-39-40-41-42-43-44-45-47-49-51-53-55-57-59-61-63-65-67-69-71-73-79(83)80-77(76-87-88(84,85)86-75-74-81(3,4)5)78(82)72-70-68-66-64-62-60-58-56-54-52-50-48-46-33-31-29-27-25-23-21-19-17-15-13-11-9-7-2/h62,64,70,72,77-78,82H,6-61,63,65-69,71,73-76H2,1-5H3,(H-,80,83,84,85)/p+1/b64-62+,72-70+. The summed E-state index contributed by atoms with van der Waals surface area (Å²) in [5, 5.41) is 14.0. The Hall–Kier alpha value is -1.02. The molecular weight excluding hydrogens is 1100 g/mol. The molecule has 0 fully saturated rings. The van der Waals surface area contributed by atoms with E-state index in [1.54, 1.807) is 6.08 Å². The fraction of sp³-hybridized carbons (Fsp3) is 0.937. The fourth-order valence-electron chi connectivity index (χ4n) is 12.5. The van der Waals surface area contributed by atoms with Gasteiger partial charge in [-0.3, -0.25) is 13.8 Å². The quantitative estimate of drug-likeness (QED) is 0.0243. The van der Waals surface area contributed by atoms with E-state index in [2.05, 4.69) is 31.3 Å². The van der Waals surface area contributed by atoms with Crippen LogP contribution < -0.4 is 5.32 Å². The molecule has 3 N–H and O–H groups in total. The van der Waals surface area contributed by atoms with Crippen molar-refractivity contribution in [3.05, 3.63) is 24.3 Å². The van der Waals surface area contributed by atoms with E-state index in [0.717, 1.165) is 38.5 Å². The molecule has 3 unspecified atom stereocenters. The summed E-state index contributed by atoms with van der Waals surface area (Å²) in [6, 6.07) is -0.862. The van der Waals surface area contributed by atoms with Crippen LogP contribution in [0.4, 0.5) is 0 Å². The first-order valence-corrected chi connectivity index (χ1v) is 41.2. The Kier molecular flexibility index (Phi) is 69.5. The number of amides is 1. The lowest BCUT2D eigenvalue weighted by Crippen LogP contribution is -2.45. The summed E-state index contributed by atoms with van der Waals surface area (Å²) in [5.41, 5.74) is 0. The predicted octanol–water partition coefficient (Wildman–Crippen LogP) is 25.8. The van der Waals surface area contributed by atoms with Gasteiger partial charge in [-0.1, -0.05) is 411 Å². The van der Waals surface area contributed by atoms with Crippen molar-refractivity contribution in [2.75, 3.05) is 40.9 Å². The third-order valence-electron chi connectivity index (χ3n) is 18.7. The van der Waals surface area contributed by atoms with E-state index in [1.807, 2.05) is 27.2 Å². The number of aliphatic hydroxyl groups excluding tert-OH is 1. The Labute approximate surface area is 551 Å². The minimum atomic E-state index is -4.36. The monoisotopic (exact) mass is 1260 g/mol. The topological polar surface area (TPSA) is 105 Å². The van der Waals surface area contributed by atoms with Crippen molar-refractivity contribution in [2.45, 2.75) is 437 Å². The first kappa shape index (κ1) is 87.0. The van der Waals surface area contributed by atoms with Crippen molar-refractivity contribution in [3.63, 3.8) is 0 Å². The smallest absolute Gasteiger partial charge is 0.387 e. The number of aliphatic hydroxyl groups is 1. The highest BCUT2D eigenvalue weighted by atomic mass is 31.2. The number of phosphoric acid groups is 1. The number of carbonyl (C=O) groups excluding carboxylic acids is 1. The predicted molar refractivity (Wildman–Crippen MR) is 388 cm³/mol. The Morgan fingerprint density at radius 2 is 0.625 bits per heavy atom. The van der Waals surface area contributed by atoms with E-state index in [9.17, 15) is 19.4 Å². The third kappa shape index (κ3) is 72.4. The number of likely N-dealkylation sites (N-methyl/N-ethyl adjacent to an activating group) is 1. The number of hydrogen-bond acceptors (Lipinski definition) is 5. The lowest BCUT2D eigenvalue weighted by Gasteiger charge is -2.25. The van der Waals surface area contributed by atoms with Gasteiger partial charge in [-0.2, -0.15) is 0 Å². The zero-order valence-corrected chi connectivity index (χ0v) is 61.2. The van der Waals surface area contributed by atoms with Gasteiger partial charge in [-0.05, 0) is 32.1 Å². The van der Waals surface area contributed by atoms with Crippen LogP contribution in [0.15, 0.2) is 24.3 Å². The van der Waals surface area contributed by atoms with Gasteiger partial charge in [0.15, 0.2) is 0 Å². The average Bonchev–Trinajstić information content (AvgIpc) is 3.58. The van der Waals surface area contributed by atoms with Crippen molar-refractivity contribution >= 4 is 13.7 Å². The molecule has 0 spiro atoms. The van der Waals surface area contributed by atoms with Crippen LogP contribution in [0, 0.1) is 0 Å². The number of unbranched alkanes of at least 4 members (excludes halogenated alkanes) is 60. The highest BCUT2D eigenvalue weighted by Gasteiger charge is 2.28. The summed E-state index contributed by atoms with van der Waals surface area (Å²) in [6.45, 7) is 4.87. The fourth-order valence-corrected chi connectivity index (χ4v) is 13.3. The van der Waals surface area contributed by atoms with Crippen LogP contribution in [0.3, 0.4) is 0 Å². The number of carbonyl (C=O) groups is 1. The summed E-state index contributed by atoms with van der Waals surface area (Å²) in [7, 11) is 1.58. The molecule has 0 aromatic heterocycles. The summed E-state index contributed by atoms with van der Waals surface area (Å²) >= 11 is 0. The molecule has 8 nitrogen and oxygen atoms in total. The van der Waals surface area contributed by atoms with Gasteiger partial charge in [0.05, 0.1) is 39.9 Å². The number of hydrogen-bond donors (Lipinski definition) is 3. The van der Waals surface area contributed by atoms with Gasteiger partial charge >= 0.3 is 7.82 Å². The molecule has 0 aliphatic carbocycles. The molecule has 88 heavy (non-hydrogen) atoms. The zero-order chi connectivity index (χ0) is 64.1. The van der Waals surface area contributed by atoms with E-state index in [4.69, 9.17) is 9.05 Å². The molecule has 0 heterocycles. The van der Waals surface area contributed by atoms with Gasteiger partial charge < -0.3 is 19.8 Å². The maximum Gasteiger partial charge on any atom is 0.472 e. The minimum absolute atomic E-state index is 0.0592. The summed E-state index contributed by atoms with van der Waals surface area (Å²) < 4.78 is 23.9. The summed E-state index contributed by atoms with van der Waals surface area (Å²) in [5.74, 6) is -0.176. The van der Waals surface area contributed by atoms with Crippen LogP contribution in [0.25, 0.3) is 0 Å². The lowest BCUT2D eigenvalue weighted by molar-refractivity contribution is -0.870. The van der Waals surface area contributed by atoms with Gasteiger partial charge in [0.25, 0.3) is 0 Å². The van der Waals surface area contributed by atoms with Crippen LogP contribution in [0.5, 0.6) is 0 Å². The van der Waals surface area contributed by atoms with Crippen LogP contribution in [-0.4, -0.2) is 73.4 Å². The van der Waals surface area contributed by atoms with Crippen LogP contribution in [0.2, 0.25) is 0 Å². The van der Waals surface area contributed by atoms with Gasteiger partial charge in [0.2, 0.25) is 5.91 Å². The van der Waals surface area contributed by atoms with Gasteiger partial charge in [0, 0.05) is 6.42 Å². The summed E-state index contributed by atoms with van der Waals surface area (Å²) in [6.07, 6.45) is 93.9. The number of nitrogens with zero attached hydrogens (tertiary/aromatic N) is 1. The van der Waals surface area contributed by atoms with Gasteiger partial charge in [-0.25, -0.2) is 4.57 Å². The van der Waals surface area contributed by atoms with Gasteiger partial charge in [-0.15, -0.1) is 0 Å². The largest absolute Gasteiger partial charge is 0.472 e. The van der Waals surface area contributed by atoms with E-state index in [-0.39, 0.29) is 19.1 Å². The lowest BCUT2D eigenvalue weighted by atomic mass is 10.0. The number of phosphoric ester groups is 1. The highest BCUT2D eigenvalue weighted by molar-refractivity contribution is 7.47. The minimum Gasteiger partial charge on any atom is -0.387 e. The Balaban J connectivity index is 3.93. The molecular formula is C79H158N2O6P+. The van der Waals surface area contributed by atoms with E-state index in [0.29, 0.717) is 17.4 Å². The molecule has 1 amide bonds. The van der Waals surface area contributed by atoms with Crippen LogP contribution in [-0.2, 0) is 18.4 Å². The van der Waals surface area contributed by atoms with Crippen molar-refractivity contribution in [3.8, 4) is 0 Å². The molecule has 0 radical (unpaired) electrons. The second-order valence-corrected chi connectivity index (χ2v) is 30.3. The number of rotatable bonds is 75. The van der Waals surface area contributed by atoms with Crippen molar-refractivity contribution in [1.82, 2.24) is 5.32 Å². The molecule has 0 rings (SSSR count). The first-order chi connectivity index (χ1) is 43.0. The van der Waals surface area contributed by atoms with Crippen molar-refractivity contribution < 1.29 is 32.9 Å². The van der Waals surface area contributed by atoms with Crippen LogP contribution in [0.1, 0.15) is 425 Å². The number of quaternary nitrogens is 1. The molecule has 9 heteroatoms. The van der Waals surface area contributed by atoms with E-state index < -0.39 is 20.0 Å². The number of nitrogens with one attached hydrogen (secondary N) is 1. The van der Waals surface area contributed by atoms with Gasteiger partial charge in [0.1, 0.15) is 13.2 Å². The molecule has 0 aliphatic heterocycles. The van der Waals surface area contributed by atoms with Crippen LogP contribution >= 0.6 is 7.82 Å². The first-order valence-electron chi connectivity index (χ1n) is 39.7. The van der Waals surface area contributed by atoms with Crippen molar-refractivity contribution in [2.24, 2.45) is 0 Å². The molecule has 0 saturated heterocycles. The molecule has 0 aromatic carbocycles. The normalized spacial score (nSPS) is 13.6. The maximum atomic E-state index is 13.1. The summed E-state index contributed by atoms with van der Waals surface area (Å²) in [4.78, 5) is 23.5. The molecule has 0 aliphatic rings. The molecule has 3 atom stereocenters. The zero-order valence-electron chi connectivity index (χ0n) is 60.3. The Morgan fingerprint density at radius 1 is 0.375 bits per heavy atom. The number of allylic oxidation sites excluding steroid dienone is 3.